The maximum absolute atomic E-state index is 8.94. The zero-order valence-corrected chi connectivity index (χ0v) is 13.9. The van der Waals surface area contributed by atoms with Crippen LogP contribution in [0.15, 0.2) is 18.5 Å². The number of pyridine rings is 1. The summed E-state index contributed by atoms with van der Waals surface area (Å²) in [5, 5.41) is 16.8. The quantitative estimate of drug-likeness (QED) is 0.546. The van der Waals surface area contributed by atoms with Crippen LogP contribution in [-0.2, 0) is 6.61 Å². The number of aliphatic hydroxyl groups excluding tert-OH is 1. The molecule has 1 saturated carbocycles. The van der Waals surface area contributed by atoms with Gasteiger partial charge < -0.3 is 20.5 Å². The van der Waals surface area contributed by atoms with Gasteiger partial charge in [-0.15, -0.1) is 0 Å². The maximum Gasteiger partial charge on any atom is 0.139 e. The van der Waals surface area contributed by atoms with Gasteiger partial charge in [-0.05, 0) is 31.0 Å². The molecule has 4 N–H and O–H groups in total. The zero-order valence-electron chi connectivity index (χ0n) is 13.9. The number of hydrogen-bond donors (Lipinski definition) is 4. The fraction of sp³-hybridized carbons (Fsp3) is 0.500. The number of fused-ring (bicyclic) bond motifs is 3. The highest BCUT2D eigenvalue weighted by atomic mass is 16.3. The van der Waals surface area contributed by atoms with E-state index in [9.17, 15) is 0 Å². The van der Waals surface area contributed by atoms with Crippen LogP contribution in [0.25, 0.3) is 22.1 Å². The molecule has 3 aromatic heterocycles. The summed E-state index contributed by atoms with van der Waals surface area (Å²) in [7, 11) is 0. The first-order valence-corrected chi connectivity index (χ1v) is 8.72. The van der Waals surface area contributed by atoms with E-state index in [0.29, 0.717) is 5.82 Å². The highest BCUT2D eigenvalue weighted by Crippen LogP contribution is 2.26. The minimum absolute atomic E-state index is 0.0827. The van der Waals surface area contributed by atoms with Crippen molar-refractivity contribution < 1.29 is 5.11 Å². The van der Waals surface area contributed by atoms with Crippen molar-refractivity contribution in [1.82, 2.24) is 19.9 Å². The van der Waals surface area contributed by atoms with E-state index in [1.807, 2.05) is 12.3 Å². The molecule has 4 rings (SSSR count). The number of H-pyrrole nitrogens is 2. The van der Waals surface area contributed by atoms with Crippen LogP contribution in [0.3, 0.4) is 0 Å². The Morgan fingerprint density at radius 3 is 2.88 bits per heavy atom. The first-order chi connectivity index (χ1) is 11.8. The van der Waals surface area contributed by atoms with Crippen molar-refractivity contribution in [2.75, 3.05) is 0 Å². The van der Waals surface area contributed by atoms with Crippen molar-refractivity contribution in [2.24, 2.45) is 5.92 Å². The Morgan fingerprint density at radius 1 is 1.29 bits per heavy atom. The second-order valence-corrected chi connectivity index (χ2v) is 6.39. The third-order valence-electron chi connectivity index (χ3n) is 4.68. The molecule has 1 fully saturated rings. The predicted octanol–water partition coefficient (Wildman–Crippen LogP) is 3.93. The van der Waals surface area contributed by atoms with E-state index in [-0.39, 0.29) is 6.61 Å². The number of aliphatic hydroxyl groups is 1. The predicted molar refractivity (Wildman–Crippen MR) is 96.3 cm³/mol. The van der Waals surface area contributed by atoms with Crippen LogP contribution < -0.4 is 0 Å². The van der Waals surface area contributed by atoms with Crippen molar-refractivity contribution >= 4 is 28.3 Å². The molecule has 0 radical (unpaired) electrons. The molecule has 0 amide bonds. The molecular weight excluding hydrogens is 302 g/mol. The lowest BCUT2D eigenvalue weighted by atomic mass is 9.86. The summed E-state index contributed by atoms with van der Waals surface area (Å²) in [6.07, 6.45) is 14.5. The van der Waals surface area contributed by atoms with Gasteiger partial charge in [-0.25, -0.2) is 9.97 Å². The summed E-state index contributed by atoms with van der Waals surface area (Å²) < 4.78 is 0. The van der Waals surface area contributed by atoms with Crippen molar-refractivity contribution in [3.8, 4) is 0 Å². The number of rotatable bonds is 4. The Labute approximate surface area is 141 Å². The molecule has 0 aliphatic heterocycles. The van der Waals surface area contributed by atoms with Gasteiger partial charge in [0.2, 0.25) is 0 Å². The highest BCUT2D eigenvalue weighted by molar-refractivity contribution is 6.00. The normalized spacial score (nSPS) is 15.4. The lowest BCUT2D eigenvalue weighted by Gasteiger charge is -2.20. The van der Waals surface area contributed by atoms with Crippen LogP contribution in [0.2, 0.25) is 0 Å². The molecule has 3 aromatic rings. The third-order valence-corrected chi connectivity index (χ3v) is 4.68. The van der Waals surface area contributed by atoms with Gasteiger partial charge in [0.25, 0.3) is 0 Å². The SMILES string of the molecule is N=CCCC1CCCCC1.OCc1nc2c(cnc3[nH]ccc32)[nH]1. The van der Waals surface area contributed by atoms with Gasteiger partial charge in [-0.3, -0.25) is 0 Å². The van der Waals surface area contributed by atoms with Crippen LogP contribution in [0.4, 0.5) is 0 Å². The number of nitrogens with zero attached hydrogens (tertiary/aromatic N) is 2. The number of hydrogen-bond acceptors (Lipinski definition) is 4. The van der Waals surface area contributed by atoms with Gasteiger partial charge in [0.05, 0.1) is 11.7 Å². The summed E-state index contributed by atoms with van der Waals surface area (Å²) in [6, 6.07) is 1.92. The molecule has 1 aliphatic carbocycles. The van der Waals surface area contributed by atoms with E-state index in [2.05, 4.69) is 19.9 Å². The second kappa shape index (κ2) is 8.06. The lowest BCUT2D eigenvalue weighted by Crippen LogP contribution is -2.05. The second-order valence-electron chi connectivity index (χ2n) is 6.39. The van der Waals surface area contributed by atoms with Crippen LogP contribution >= 0.6 is 0 Å². The summed E-state index contributed by atoms with van der Waals surface area (Å²) in [6.45, 7) is -0.0827. The average molecular weight is 327 g/mol. The Balaban J connectivity index is 0.000000150. The monoisotopic (exact) mass is 327 g/mol. The number of nitrogens with one attached hydrogen (secondary N) is 3. The Morgan fingerprint density at radius 2 is 2.12 bits per heavy atom. The van der Waals surface area contributed by atoms with Crippen molar-refractivity contribution in [3.63, 3.8) is 0 Å². The van der Waals surface area contributed by atoms with E-state index in [1.54, 1.807) is 12.4 Å². The Kier molecular flexibility index (Phi) is 5.59. The molecule has 3 heterocycles. The van der Waals surface area contributed by atoms with Gasteiger partial charge in [0.1, 0.15) is 23.6 Å². The molecular formula is C18H25N5O. The summed E-state index contributed by atoms with van der Waals surface area (Å²) in [5.41, 5.74) is 2.51. The zero-order chi connectivity index (χ0) is 16.8. The molecule has 0 saturated heterocycles. The van der Waals surface area contributed by atoms with Gasteiger partial charge in [0.15, 0.2) is 0 Å². The van der Waals surface area contributed by atoms with Gasteiger partial charge in [-0.2, -0.15) is 0 Å². The molecule has 0 aromatic carbocycles. The minimum atomic E-state index is -0.0827. The summed E-state index contributed by atoms with van der Waals surface area (Å²) in [4.78, 5) is 14.5. The summed E-state index contributed by atoms with van der Waals surface area (Å²) >= 11 is 0. The van der Waals surface area contributed by atoms with Crippen molar-refractivity contribution in [1.29, 1.82) is 5.41 Å². The summed E-state index contributed by atoms with van der Waals surface area (Å²) in [5.74, 6) is 1.52. The topological polar surface area (TPSA) is 101 Å². The molecule has 24 heavy (non-hydrogen) atoms. The smallest absolute Gasteiger partial charge is 0.139 e. The third kappa shape index (κ3) is 3.82. The number of imidazole rings is 1. The molecule has 1 aliphatic rings. The maximum atomic E-state index is 8.94. The van der Waals surface area contributed by atoms with Gasteiger partial charge >= 0.3 is 0 Å². The van der Waals surface area contributed by atoms with E-state index in [0.717, 1.165) is 34.4 Å². The molecule has 0 bridgehead atoms. The molecule has 0 atom stereocenters. The molecule has 6 nitrogen and oxygen atoms in total. The van der Waals surface area contributed by atoms with Crippen molar-refractivity contribution in [2.45, 2.75) is 51.6 Å². The largest absolute Gasteiger partial charge is 0.388 e. The average Bonchev–Trinajstić information content (AvgIpc) is 3.26. The highest BCUT2D eigenvalue weighted by Gasteiger charge is 2.11. The van der Waals surface area contributed by atoms with Crippen LogP contribution in [0, 0.1) is 11.3 Å². The van der Waals surface area contributed by atoms with E-state index < -0.39 is 0 Å². The van der Waals surface area contributed by atoms with Crippen molar-refractivity contribution in [3.05, 3.63) is 24.3 Å². The Bertz CT molecular complexity index is 785. The number of aromatic amines is 2. The van der Waals surface area contributed by atoms with Crippen LogP contribution in [0.1, 0.15) is 50.8 Å². The fourth-order valence-corrected chi connectivity index (χ4v) is 3.39. The molecule has 0 spiro atoms. The van der Waals surface area contributed by atoms with Crippen LogP contribution in [0.5, 0.6) is 0 Å². The first kappa shape index (κ1) is 16.6. The lowest BCUT2D eigenvalue weighted by molar-refractivity contribution is 0.273. The van der Waals surface area contributed by atoms with E-state index in [1.165, 1.54) is 38.5 Å². The van der Waals surface area contributed by atoms with E-state index >= 15 is 0 Å². The Hall–Kier alpha value is -2.21. The van der Waals surface area contributed by atoms with Crippen LogP contribution in [-0.4, -0.2) is 31.3 Å². The minimum Gasteiger partial charge on any atom is -0.388 e. The standard InChI is InChI=1S/C9H8N4O.C9H17N/c14-4-7-12-6-3-11-9-5(1-2-10-9)8(6)13-7;10-8-4-7-9-5-2-1-3-6-9/h1-3,14H,4H2,(H,10,11)(H,12,13);8-10H,1-7H2. The van der Waals surface area contributed by atoms with Gasteiger partial charge in [-0.1, -0.05) is 32.1 Å². The number of aromatic nitrogens is 4. The molecule has 128 valence electrons. The first-order valence-electron chi connectivity index (χ1n) is 8.72. The molecule has 0 unspecified atom stereocenters. The fourth-order valence-electron chi connectivity index (χ4n) is 3.39. The molecule has 6 heteroatoms. The van der Waals surface area contributed by atoms with Gasteiger partial charge in [0, 0.05) is 11.6 Å². The van der Waals surface area contributed by atoms with E-state index in [4.69, 9.17) is 10.5 Å².